The lowest BCUT2D eigenvalue weighted by Crippen LogP contribution is -2.49. The molecule has 0 spiro atoms. The third-order valence-corrected chi connectivity index (χ3v) is 9.67. The summed E-state index contributed by atoms with van der Waals surface area (Å²) in [5, 5.41) is 2.88. The monoisotopic (exact) mass is 525 g/mol. The second-order valence-corrected chi connectivity index (χ2v) is 12.3. The van der Waals surface area contributed by atoms with Crippen LogP contribution in [-0.2, 0) is 21.2 Å². The first-order valence-corrected chi connectivity index (χ1v) is 14.7. The summed E-state index contributed by atoms with van der Waals surface area (Å²) in [6.07, 6.45) is 3.37. The second kappa shape index (κ2) is 9.96. The zero-order valence-electron chi connectivity index (χ0n) is 21.7. The van der Waals surface area contributed by atoms with Crippen LogP contribution < -0.4 is 14.5 Å². The summed E-state index contributed by atoms with van der Waals surface area (Å²) in [7, 11) is -3.50. The number of aromatic nitrogens is 1. The average molecular weight is 526 g/mol. The first-order valence-electron chi connectivity index (χ1n) is 13.1. The Balaban J connectivity index is 1.40. The predicted octanol–water partition coefficient (Wildman–Crippen LogP) is 2.30. The van der Waals surface area contributed by atoms with Gasteiger partial charge in [-0.2, -0.15) is 0 Å². The minimum absolute atomic E-state index is 0.0613. The van der Waals surface area contributed by atoms with Crippen LogP contribution in [0.2, 0.25) is 0 Å². The maximum absolute atomic E-state index is 13.7. The quantitative estimate of drug-likeness (QED) is 0.643. The van der Waals surface area contributed by atoms with E-state index in [1.165, 1.54) is 9.87 Å². The summed E-state index contributed by atoms with van der Waals surface area (Å²) in [4.78, 5) is 34.9. The molecule has 0 aliphatic carbocycles. The Morgan fingerprint density at radius 3 is 2.49 bits per heavy atom. The van der Waals surface area contributed by atoms with Gasteiger partial charge in [0.15, 0.2) is 0 Å². The van der Waals surface area contributed by atoms with Crippen LogP contribution in [0.1, 0.15) is 53.2 Å². The fourth-order valence-electron chi connectivity index (χ4n) is 5.71. The Morgan fingerprint density at radius 2 is 1.89 bits per heavy atom. The molecule has 1 aromatic heterocycles. The number of anilines is 2. The summed E-state index contributed by atoms with van der Waals surface area (Å²) in [5.74, 6) is 0.501. The van der Waals surface area contributed by atoms with Crippen LogP contribution in [0.3, 0.4) is 0 Å². The van der Waals surface area contributed by atoms with Gasteiger partial charge in [-0.1, -0.05) is 26.0 Å². The summed E-state index contributed by atoms with van der Waals surface area (Å²) in [6, 6.07) is 7.43. The van der Waals surface area contributed by atoms with Crippen molar-refractivity contribution in [2.45, 2.75) is 39.5 Å². The summed E-state index contributed by atoms with van der Waals surface area (Å²) in [6.45, 7) is 9.44. The molecule has 2 atom stereocenters. The molecule has 37 heavy (non-hydrogen) atoms. The number of nitrogens with one attached hydrogen (secondary N) is 1. The van der Waals surface area contributed by atoms with E-state index in [0.29, 0.717) is 56.9 Å². The lowest BCUT2D eigenvalue weighted by atomic mass is 9.88. The topological polar surface area (TPSA) is 103 Å². The molecule has 0 bridgehead atoms. The molecule has 2 amide bonds. The molecule has 10 heteroatoms. The molecule has 3 aliphatic heterocycles. The van der Waals surface area contributed by atoms with Gasteiger partial charge in [-0.3, -0.25) is 13.9 Å². The molecule has 3 saturated heterocycles. The van der Waals surface area contributed by atoms with Gasteiger partial charge in [-0.15, -0.1) is 0 Å². The molecule has 4 heterocycles. The van der Waals surface area contributed by atoms with E-state index >= 15 is 0 Å². The van der Waals surface area contributed by atoms with Crippen molar-refractivity contribution in [3.05, 3.63) is 52.7 Å². The predicted molar refractivity (Wildman–Crippen MR) is 144 cm³/mol. The normalized spacial score (nSPS) is 23.4. The highest BCUT2D eigenvalue weighted by molar-refractivity contribution is 7.93. The largest absolute Gasteiger partial charge is 0.355 e. The first-order chi connectivity index (χ1) is 17.7. The van der Waals surface area contributed by atoms with Crippen molar-refractivity contribution in [3.8, 4) is 0 Å². The molecular formula is C27H35N5O4S. The van der Waals surface area contributed by atoms with Crippen molar-refractivity contribution in [1.29, 1.82) is 0 Å². The SMILES string of the molecule is CCc1cnc(N2CCN(C(=O)c3ccc([C@@H]4C(=O)NCC4C)cc3N3CCCS3(=O)=O)CC2)c(C)c1. The number of pyridine rings is 1. The zero-order chi connectivity index (χ0) is 26.3. The number of hydrogen-bond donors (Lipinski definition) is 1. The molecule has 1 N–H and O–H groups in total. The molecule has 1 aromatic carbocycles. The van der Waals surface area contributed by atoms with E-state index in [1.807, 2.05) is 19.2 Å². The van der Waals surface area contributed by atoms with Crippen molar-refractivity contribution < 1.29 is 18.0 Å². The number of rotatable bonds is 5. The van der Waals surface area contributed by atoms with E-state index in [1.54, 1.807) is 17.0 Å². The van der Waals surface area contributed by atoms with Crippen LogP contribution >= 0.6 is 0 Å². The molecule has 198 valence electrons. The van der Waals surface area contributed by atoms with Crippen molar-refractivity contribution >= 4 is 33.3 Å². The minimum Gasteiger partial charge on any atom is -0.355 e. The van der Waals surface area contributed by atoms with E-state index in [4.69, 9.17) is 0 Å². The highest BCUT2D eigenvalue weighted by Gasteiger charge is 2.37. The van der Waals surface area contributed by atoms with E-state index in [9.17, 15) is 18.0 Å². The summed E-state index contributed by atoms with van der Waals surface area (Å²) < 4.78 is 27.1. The van der Waals surface area contributed by atoms with Crippen molar-refractivity contribution in [2.75, 3.05) is 54.2 Å². The maximum atomic E-state index is 13.7. The van der Waals surface area contributed by atoms with Crippen molar-refractivity contribution in [1.82, 2.24) is 15.2 Å². The molecular weight excluding hydrogens is 490 g/mol. The Morgan fingerprint density at radius 1 is 1.14 bits per heavy atom. The zero-order valence-corrected chi connectivity index (χ0v) is 22.6. The van der Waals surface area contributed by atoms with Crippen LogP contribution in [0.4, 0.5) is 11.5 Å². The lowest BCUT2D eigenvalue weighted by Gasteiger charge is -2.36. The van der Waals surface area contributed by atoms with Crippen LogP contribution in [-0.4, -0.2) is 75.1 Å². The standard InChI is InChI=1S/C27H35N5O4S/c1-4-20-14-18(2)25(28-17-20)30-9-11-31(12-10-30)27(34)22-7-6-21(24-19(3)16-29-26(24)33)15-23(22)32-8-5-13-37(32,35)36/h6-7,14-15,17,19,24H,4-5,8-13,16H2,1-3H3,(H,29,33)/t19?,24-/m1/s1. The number of nitrogens with zero attached hydrogens (tertiary/aromatic N) is 4. The van der Waals surface area contributed by atoms with Gasteiger partial charge in [0.05, 0.1) is 22.9 Å². The fourth-order valence-corrected chi connectivity index (χ4v) is 7.28. The van der Waals surface area contributed by atoms with Crippen LogP contribution in [0, 0.1) is 12.8 Å². The van der Waals surface area contributed by atoms with Crippen molar-refractivity contribution in [2.24, 2.45) is 5.92 Å². The number of piperazine rings is 1. The Labute approximate surface area is 218 Å². The molecule has 2 aromatic rings. The number of aryl methyl sites for hydroxylation is 2. The smallest absolute Gasteiger partial charge is 0.256 e. The number of hydrogen-bond acceptors (Lipinski definition) is 6. The third-order valence-electron chi connectivity index (χ3n) is 7.81. The Hall–Kier alpha value is -3.14. The molecule has 3 aliphatic rings. The molecule has 5 rings (SSSR count). The fraction of sp³-hybridized carbons (Fsp3) is 0.519. The van der Waals surface area contributed by atoms with E-state index in [0.717, 1.165) is 23.4 Å². The lowest BCUT2D eigenvalue weighted by molar-refractivity contribution is -0.120. The average Bonchev–Trinajstić information content (AvgIpc) is 3.42. The number of carbonyl (C=O) groups excluding carboxylic acids is 2. The first kappa shape index (κ1) is 25.5. The molecule has 0 radical (unpaired) electrons. The second-order valence-electron chi connectivity index (χ2n) is 10.3. The van der Waals surface area contributed by atoms with Gasteiger partial charge in [0.1, 0.15) is 5.82 Å². The van der Waals surface area contributed by atoms with E-state index in [-0.39, 0.29) is 29.4 Å². The Kier molecular flexibility index (Phi) is 6.87. The van der Waals surface area contributed by atoms with Gasteiger partial charge >= 0.3 is 0 Å². The highest BCUT2D eigenvalue weighted by Crippen LogP contribution is 2.36. The van der Waals surface area contributed by atoms with Gasteiger partial charge < -0.3 is 15.1 Å². The van der Waals surface area contributed by atoms with Gasteiger partial charge in [0.2, 0.25) is 15.9 Å². The van der Waals surface area contributed by atoms with Crippen molar-refractivity contribution in [3.63, 3.8) is 0 Å². The summed E-state index contributed by atoms with van der Waals surface area (Å²) >= 11 is 0. The molecule has 3 fully saturated rings. The molecule has 0 saturated carbocycles. The number of carbonyl (C=O) groups is 2. The molecule has 1 unspecified atom stereocenters. The van der Waals surface area contributed by atoms with Crippen LogP contribution in [0.15, 0.2) is 30.5 Å². The Bertz CT molecular complexity index is 1320. The summed E-state index contributed by atoms with van der Waals surface area (Å²) in [5.41, 5.74) is 3.84. The van der Waals surface area contributed by atoms with Crippen LogP contribution in [0.5, 0.6) is 0 Å². The van der Waals surface area contributed by atoms with Crippen LogP contribution in [0.25, 0.3) is 0 Å². The van der Waals surface area contributed by atoms with E-state index < -0.39 is 10.0 Å². The number of amides is 2. The number of benzene rings is 1. The van der Waals surface area contributed by atoms with Gasteiger partial charge in [-0.05, 0) is 54.5 Å². The minimum atomic E-state index is -3.50. The highest BCUT2D eigenvalue weighted by atomic mass is 32.2. The van der Waals surface area contributed by atoms with Gasteiger partial charge in [-0.25, -0.2) is 13.4 Å². The number of sulfonamides is 1. The van der Waals surface area contributed by atoms with E-state index in [2.05, 4.69) is 35.1 Å². The third kappa shape index (κ3) is 4.79. The maximum Gasteiger partial charge on any atom is 0.256 e. The van der Waals surface area contributed by atoms with Gasteiger partial charge in [0, 0.05) is 45.5 Å². The molecule has 9 nitrogen and oxygen atoms in total. The van der Waals surface area contributed by atoms with Gasteiger partial charge in [0.25, 0.3) is 5.91 Å².